The van der Waals surface area contributed by atoms with Crippen LogP contribution < -0.4 is 5.73 Å². The first-order valence-electron chi connectivity index (χ1n) is 8.01. The minimum Gasteiger partial charge on any atom is -0.369 e. The molecule has 1 radical (unpaired) electrons. The van der Waals surface area contributed by atoms with Crippen molar-refractivity contribution in [3.63, 3.8) is 0 Å². The number of piperidine rings is 1. The Hall–Kier alpha value is -2.28. The van der Waals surface area contributed by atoms with Gasteiger partial charge >= 0.3 is 0 Å². The van der Waals surface area contributed by atoms with Crippen molar-refractivity contribution >= 4 is 23.2 Å². The Balaban J connectivity index is 1.69. The van der Waals surface area contributed by atoms with E-state index in [-0.39, 0.29) is 41.8 Å². The molecule has 2 N–H and O–H groups in total. The molecule has 0 unspecified atom stereocenters. The smallest absolute Gasteiger partial charge is 0.274 e. The number of aryl methyl sites for hydroxylation is 1. The topological polar surface area (TPSA) is 76.3 Å². The second kappa shape index (κ2) is 5.36. The number of nitrogens with two attached hydrogens (primary N) is 1. The van der Waals surface area contributed by atoms with Gasteiger partial charge in [0.1, 0.15) is 11.5 Å². The Morgan fingerprint density at radius 1 is 1.48 bits per heavy atom. The van der Waals surface area contributed by atoms with Crippen LogP contribution in [0.2, 0.25) is 0 Å². The molecule has 7 heteroatoms. The Morgan fingerprint density at radius 3 is 2.88 bits per heavy atom. The number of rotatable bonds is 3. The molecular formula is C18H17FN3O2S. The van der Waals surface area contributed by atoms with Crippen LogP contribution in [-0.2, 0) is 4.79 Å². The van der Waals surface area contributed by atoms with E-state index in [1.54, 1.807) is 24.0 Å². The number of likely N-dealkylation sites (tertiary alicyclic amines) is 1. The van der Waals surface area contributed by atoms with Crippen molar-refractivity contribution in [2.45, 2.75) is 19.4 Å². The molecule has 0 spiro atoms. The summed E-state index contributed by atoms with van der Waals surface area (Å²) in [5.41, 5.74) is 5.78. The van der Waals surface area contributed by atoms with Gasteiger partial charge in [-0.05, 0) is 43.9 Å². The highest BCUT2D eigenvalue weighted by molar-refractivity contribution is 7.15. The van der Waals surface area contributed by atoms with E-state index >= 15 is 0 Å². The lowest BCUT2D eigenvalue weighted by atomic mass is 10.1. The van der Waals surface area contributed by atoms with Gasteiger partial charge in [0.2, 0.25) is 5.91 Å². The molecule has 2 amide bonds. The van der Waals surface area contributed by atoms with Crippen molar-refractivity contribution in [1.29, 1.82) is 0 Å². The fraction of sp³-hybridized carbons (Fsp3) is 0.333. The molecule has 2 heterocycles. The van der Waals surface area contributed by atoms with Crippen LogP contribution >= 0.6 is 11.3 Å². The van der Waals surface area contributed by atoms with Crippen LogP contribution in [0.3, 0.4) is 0 Å². The number of halogens is 1. The first-order chi connectivity index (χ1) is 11.8. The number of carbonyl (C=O) groups is 2. The van der Waals surface area contributed by atoms with Crippen LogP contribution in [0.5, 0.6) is 0 Å². The van der Waals surface area contributed by atoms with E-state index in [0.717, 1.165) is 5.01 Å². The molecule has 0 bridgehead atoms. The Kier molecular flexibility index (Phi) is 3.47. The van der Waals surface area contributed by atoms with Crippen LogP contribution in [0, 0.1) is 31.0 Å². The lowest BCUT2D eigenvalue weighted by molar-refractivity contribution is -0.123. The second-order valence-corrected chi connectivity index (χ2v) is 7.96. The number of hydrogen-bond acceptors (Lipinski definition) is 4. The highest BCUT2D eigenvalue weighted by atomic mass is 32.1. The SMILES string of the molecule is [CH2][C@H]1[C@H]2C[C@]2(C(N)=O)CN1C(=O)c1nc(C)sc1-c1cccc(F)c1. The molecule has 1 saturated carbocycles. The van der Waals surface area contributed by atoms with Crippen LogP contribution in [0.25, 0.3) is 10.4 Å². The normalized spacial score (nSPS) is 27.2. The quantitative estimate of drug-likeness (QED) is 0.915. The Bertz CT molecular complexity index is 896. The number of fused-ring (bicyclic) bond motifs is 1. The molecule has 1 aliphatic carbocycles. The second-order valence-electron chi connectivity index (χ2n) is 6.75. The molecule has 1 saturated heterocycles. The zero-order chi connectivity index (χ0) is 17.9. The Morgan fingerprint density at radius 2 is 2.24 bits per heavy atom. The third-order valence-corrected chi connectivity index (χ3v) is 6.25. The van der Waals surface area contributed by atoms with E-state index in [2.05, 4.69) is 11.9 Å². The average molecular weight is 358 g/mol. The maximum atomic E-state index is 13.6. The van der Waals surface area contributed by atoms with Gasteiger partial charge in [-0.2, -0.15) is 0 Å². The highest BCUT2D eigenvalue weighted by Gasteiger charge is 2.68. The average Bonchev–Trinajstić information content (AvgIpc) is 3.07. The van der Waals surface area contributed by atoms with E-state index < -0.39 is 5.41 Å². The van der Waals surface area contributed by atoms with Gasteiger partial charge in [-0.3, -0.25) is 9.59 Å². The summed E-state index contributed by atoms with van der Waals surface area (Å²) in [4.78, 5) is 31.4. The van der Waals surface area contributed by atoms with Gasteiger partial charge < -0.3 is 10.6 Å². The van der Waals surface area contributed by atoms with Crippen molar-refractivity contribution in [1.82, 2.24) is 9.88 Å². The molecule has 1 aromatic carbocycles. The standard InChI is InChI=1S/C18H17FN3O2S/c1-9-13-7-18(13,17(20)24)8-22(9)16(23)14-15(25-10(2)21-14)11-4-3-5-12(19)6-11/h3-6,9,13H,1,7-8H2,2H3,(H2,20,24)/t9-,13+,18-/m0/s1. The van der Waals surface area contributed by atoms with E-state index in [9.17, 15) is 14.0 Å². The predicted molar refractivity (Wildman–Crippen MR) is 92.2 cm³/mol. The number of amides is 2. The van der Waals surface area contributed by atoms with Crippen LogP contribution in [0.4, 0.5) is 4.39 Å². The van der Waals surface area contributed by atoms with Gasteiger partial charge in [-0.1, -0.05) is 12.1 Å². The minimum atomic E-state index is -0.633. The minimum absolute atomic E-state index is 0.0197. The van der Waals surface area contributed by atoms with Gasteiger partial charge in [0, 0.05) is 12.6 Å². The number of primary amides is 1. The van der Waals surface area contributed by atoms with E-state index in [1.165, 1.54) is 23.5 Å². The lowest BCUT2D eigenvalue weighted by Gasteiger charge is -2.24. The molecule has 2 aliphatic rings. The largest absolute Gasteiger partial charge is 0.369 e. The number of hydrogen-bond donors (Lipinski definition) is 1. The molecule has 5 nitrogen and oxygen atoms in total. The Labute approximate surface area is 148 Å². The molecule has 25 heavy (non-hydrogen) atoms. The van der Waals surface area contributed by atoms with Gasteiger partial charge in [0.25, 0.3) is 5.91 Å². The number of thiazole rings is 1. The van der Waals surface area contributed by atoms with Crippen molar-refractivity contribution in [3.05, 3.63) is 47.7 Å². The first kappa shape index (κ1) is 16.2. The van der Waals surface area contributed by atoms with Crippen molar-refractivity contribution in [2.24, 2.45) is 17.1 Å². The zero-order valence-corrected chi connectivity index (χ0v) is 14.5. The highest BCUT2D eigenvalue weighted by Crippen LogP contribution is 2.60. The molecule has 3 atom stereocenters. The summed E-state index contributed by atoms with van der Waals surface area (Å²) < 4.78 is 13.6. The molecule has 1 aliphatic heterocycles. The van der Waals surface area contributed by atoms with Crippen LogP contribution in [0.15, 0.2) is 24.3 Å². The van der Waals surface area contributed by atoms with Crippen molar-refractivity contribution < 1.29 is 14.0 Å². The summed E-state index contributed by atoms with van der Waals surface area (Å²) in [7, 11) is 0. The number of carbonyl (C=O) groups excluding carboxylic acids is 2. The molecule has 2 fully saturated rings. The number of nitrogens with zero attached hydrogens (tertiary/aromatic N) is 2. The predicted octanol–water partition coefficient (Wildman–Crippen LogP) is 2.41. The summed E-state index contributed by atoms with van der Waals surface area (Å²) in [5, 5.41) is 0.720. The van der Waals surface area contributed by atoms with Gasteiger partial charge in [0.05, 0.1) is 15.3 Å². The molecular weight excluding hydrogens is 341 g/mol. The summed E-state index contributed by atoms with van der Waals surface area (Å²) in [6.07, 6.45) is 0.688. The van der Waals surface area contributed by atoms with Crippen molar-refractivity contribution in [3.8, 4) is 10.4 Å². The third-order valence-electron chi connectivity index (χ3n) is 5.23. The van der Waals surface area contributed by atoms with Crippen LogP contribution in [-0.4, -0.2) is 34.3 Å². The monoisotopic (exact) mass is 358 g/mol. The van der Waals surface area contributed by atoms with E-state index in [4.69, 9.17) is 5.73 Å². The maximum absolute atomic E-state index is 13.6. The van der Waals surface area contributed by atoms with Gasteiger partial charge in [-0.25, -0.2) is 9.37 Å². The maximum Gasteiger partial charge on any atom is 0.274 e. The first-order valence-corrected chi connectivity index (χ1v) is 8.82. The molecule has 4 rings (SSSR count). The van der Waals surface area contributed by atoms with Gasteiger partial charge in [-0.15, -0.1) is 11.3 Å². The molecule has 129 valence electrons. The summed E-state index contributed by atoms with van der Waals surface area (Å²) in [6.45, 7) is 6.13. The molecule has 2 aromatic rings. The summed E-state index contributed by atoms with van der Waals surface area (Å²) in [5.74, 6) is -1.00. The lowest BCUT2D eigenvalue weighted by Crippen LogP contribution is -2.39. The fourth-order valence-electron chi connectivity index (χ4n) is 3.78. The van der Waals surface area contributed by atoms with Crippen LogP contribution in [0.1, 0.15) is 21.9 Å². The number of aromatic nitrogens is 1. The summed E-state index contributed by atoms with van der Waals surface area (Å²) >= 11 is 1.34. The zero-order valence-electron chi connectivity index (χ0n) is 13.7. The summed E-state index contributed by atoms with van der Waals surface area (Å²) in [6, 6.07) is 5.79. The number of benzene rings is 1. The third kappa shape index (κ3) is 2.37. The van der Waals surface area contributed by atoms with E-state index in [1.807, 2.05) is 0 Å². The van der Waals surface area contributed by atoms with Crippen molar-refractivity contribution in [2.75, 3.05) is 6.54 Å². The molecule has 1 aromatic heterocycles. The van der Waals surface area contributed by atoms with E-state index in [0.29, 0.717) is 16.9 Å². The fourth-order valence-corrected chi connectivity index (χ4v) is 4.68. The van der Waals surface area contributed by atoms with Gasteiger partial charge in [0.15, 0.2) is 0 Å².